The molecule has 0 radical (unpaired) electrons. The number of hydrogen-bond acceptors (Lipinski definition) is 1. The Bertz CT molecular complexity index is 1260. The zero-order chi connectivity index (χ0) is 25.2. The third-order valence-electron chi connectivity index (χ3n) is 6.93. The van der Waals surface area contributed by atoms with E-state index in [-0.39, 0.29) is 12.4 Å². The topological polar surface area (TPSA) is 9.23 Å². The van der Waals surface area contributed by atoms with Crippen LogP contribution in [0.15, 0.2) is 146 Å². The summed E-state index contributed by atoms with van der Waals surface area (Å²) in [5.41, 5.74) is 2.67. The minimum atomic E-state index is -1.97. The van der Waals surface area contributed by atoms with Crippen molar-refractivity contribution in [3.8, 4) is 5.75 Å². The van der Waals surface area contributed by atoms with Gasteiger partial charge in [0.05, 0.1) is 6.61 Å². The van der Waals surface area contributed by atoms with Crippen molar-refractivity contribution in [2.45, 2.75) is 25.4 Å². The zero-order valence-corrected chi connectivity index (χ0v) is 23.3. The third kappa shape index (κ3) is 6.54. The van der Waals surface area contributed by atoms with Gasteiger partial charge in [-0.15, -0.1) is 0 Å². The monoisotopic (exact) mass is 536 g/mol. The molecule has 5 rings (SSSR count). The number of aryl methyl sites for hydroxylation is 1. The van der Waals surface area contributed by atoms with Gasteiger partial charge in [-0.3, -0.25) is 0 Å². The molecule has 0 aliphatic heterocycles. The van der Waals surface area contributed by atoms with Crippen molar-refractivity contribution in [3.05, 3.63) is 157 Å². The average Bonchev–Trinajstić information content (AvgIpc) is 2.98. The minimum absolute atomic E-state index is 0. The van der Waals surface area contributed by atoms with Gasteiger partial charge < -0.3 is 17.1 Å². The van der Waals surface area contributed by atoms with Crippen molar-refractivity contribution in [1.82, 2.24) is 0 Å². The summed E-state index contributed by atoms with van der Waals surface area (Å²) in [6.07, 6.45) is 4.18. The van der Waals surface area contributed by atoms with E-state index in [0.29, 0.717) is 0 Å². The highest BCUT2D eigenvalue weighted by Crippen LogP contribution is 2.58. The van der Waals surface area contributed by atoms with Gasteiger partial charge in [0.15, 0.2) is 0 Å². The molecule has 5 aromatic rings. The van der Waals surface area contributed by atoms with Crippen molar-refractivity contribution in [3.63, 3.8) is 0 Å². The second-order valence-electron chi connectivity index (χ2n) is 9.37. The first kappa shape index (κ1) is 27.6. The number of ether oxygens (including phenoxy) is 1. The van der Waals surface area contributed by atoms with Crippen LogP contribution in [0.2, 0.25) is 0 Å². The third-order valence-corrected chi connectivity index (χ3v) is 11.3. The van der Waals surface area contributed by atoms with Gasteiger partial charge >= 0.3 is 0 Å². The Balaban J connectivity index is 0.00000336. The number of benzene rings is 5. The summed E-state index contributed by atoms with van der Waals surface area (Å²) < 4.78 is 6.45. The molecule has 0 spiro atoms. The Morgan fingerprint density at radius 3 is 1.45 bits per heavy atom. The first-order valence-corrected chi connectivity index (χ1v) is 15.1. The Labute approximate surface area is 234 Å². The first-order chi connectivity index (χ1) is 18.4. The van der Waals surface area contributed by atoms with Crippen molar-refractivity contribution >= 4 is 23.2 Å². The highest BCUT2D eigenvalue weighted by atomic mass is 35.5. The van der Waals surface area contributed by atoms with Crippen LogP contribution in [-0.2, 0) is 12.6 Å². The van der Waals surface area contributed by atoms with Crippen molar-refractivity contribution in [2.75, 3.05) is 6.61 Å². The molecule has 38 heavy (non-hydrogen) atoms. The lowest BCUT2D eigenvalue weighted by Gasteiger charge is -2.28. The van der Waals surface area contributed by atoms with Crippen LogP contribution < -0.4 is 33.1 Å². The molecule has 0 saturated heterocycles. The van der Waals surface area contributed by atoms with E-state index in [1.165, 1.54) is 27.0 Å². The fourth-order valence-corrected chi connectivity index (χ4v) is 9.31. The van der Waals surface area contributed by atoms with Crippen molar-refractivity contribution in [2.24, 2.45) is 0 Å². The van der Waals surface area contributed by atoms with E-state index in [1.807, 2.05) is 0 Å². The molecule has 5 aromatic carbocycles. The van der Waals surface area contributed by atoms with E-state index >= 15 is 0 Å². The predicted octanol–water partition coefficient (Wildman–Crippen LogP) is 4.59. The first-order valence-electron chi connectivity index (χ1n) is 13.2. The molecular formula is C35H34ClOP. The molecular weight excluding hydrogens is 503 g/mol. The summed E-state index contributed by atoms with van der Waals surface area (Å²) in [4.78, 5) is 0. The molecule has 0 amide bonds. The lowest BCUT2D eigenvalue weighted by Crippen LogP contribution is -3.00. The highest BCUT2D eigenvalue weighted by molar-refractivity contribution is 7.95. The summed E-state index contributed by atoms with van der Waals surface area (Å²) in [5, 5.41) is 4.18. The zero-order valence-electron chi connectivity index (χ0n) is 21.6. The minimum Gasteiger partial charge on any atom is -1.00 e. The van der Waals surface area contributed by atoms with E-state index in [2.05, 4.69) is 146 Å². The summed E-state index contributed by atoms with van der Waals surface area (Å²) in [7, 11) is -1.97. The maximum atomic E-state index is 6.45. The Morgan fingerprint density at radius 2 is 0.921 bits per heavy atom. The van der Waals surface area contributed by atoms with Crippen LogP contribution in [0.5, 0.6) is 5.75 Å². The predicted molar refractivity (Wildman–Crippen MR) is 160 cm³/mol. The molecule has 0 saturated carbocycles. The van der Waals surface area contributed by atoms with Crippen LogP contribution in [-0.4, -0.2) is 6.61 Å². The van der Waals surface area contributed by atoms with Crippen LogP contribution in [0.25, 0.3) is 0 Å². The molecule has 0 aromatic heterocycles. The lowest BCUT2D eigenvalue weighted by atomic mass is 10.1. The van der Waals surface area contributed by atoms with Gasteiger partial charge in [-0.2, -0.15) is 0 Å². The van der Waals surface area contributed by atoms with Gasteiger partial charge in [-0.05, 0) is 67.3 Å². The second kappa shape index (κ2) is 14.0. The van der Waals surface area contributed by atoms with E-state index < -0.39 is 7.26 Å². The number of rotatable bonds is 11. The number of para-hydroxylation sites is 1. The van der Waals surface area contributed by atoms with E-state index in [1.54, 1.807) is 0 Å². The molecule has 192 valence electrons. The molecule has 0 atom stereocenters. The van der Waals surface area contributed by atoms with E-state index in [9.17, 15) is 0 Å². The Hall–Kier alpha value is -3.38. The van der Waals surface area contributed by atoms with Crippen LogP contribution in [0.3, 0.4) is 0 Å². The average molecular weight is 537 g/mol. The lowest BCUT2D eigenvalue weighted by molar-refractivity contribution is -0.00000768. The van der Waals surface area contributed by atoms with Crippen LogP contribution in [0, 0.1) is 0 Å². The van der Waals surface area contributed by atoms with Crippen molar-refractivity contribution in [1.29, 1.82) is 0 Å². The summed E-state index contributed by atoms with van der Waals surface area (Å²) >= 11 is 0. The maximum Gasteiger partial charge on any atom is 0.126 e. The van der Waals surface area contributed by atoms with Crippen molar-refractivity contribution < 1.29 is 17.1 Å². The van der Waals surface area contributed by atoms with Crippen LogP contribution in [0.4, 0.5) is 0 Å². The van der Waals surface area contributed by atoms with Gasteiger partial charge in [-0.1, -0.05) is 103 Å². The van der Waals surface area contributed by atoms with E-state index in [0.717, 1.165) is 37.8 Å². The fourth-order valence-electron chi connectivity index (χ4n) is 5.06. The normalized spacial score (nSPS) is 10.9. The fraction of sp³-hybridized carbons (Fsp3) is 0.143. The summed E-state index contributed by atoms with van der Waals surface area (Å²) in [6.45, 7) is 0.733. The molecule has 0 aliphatic carbocycles. The molecule has 0 fully saturated rings. The Morgan fingerprint density at radius 1 is 0.474 bits per heavy atom. The molecule has 3 heteroatoms. The van der Waals surface area contributed by atoms with Crippen LogP contribution in [0.1, 0.15) is 24.0 Å². The number of unbranched alkanes of at least 4 members (excludes halogenated alkanes) is 1. The van der Waals surface area contributed by atoms with Gasteiger partial charge in [0.2, 0.25) is 0 Å². The van der Waals surface area contributed by atoms with Gasteiger partial charge in [0.25, 0.3) is 0 Å². The van der Waals surface area contributed by atoms with Gasteiger partial charge in [0, 0.05) is 5.56 Å². The second-order valence-corrected chi connectivity index (χ2v) is 12.9. The van der Waals surface area contributed by atoms with Gasteiger partial charge in [0.1, 0.15) is 35.1 Å². The molecule has 0 heterocycles. The molecule has 0 unspecified atom stereocenters. The quantitative estimate of drug-likeness (QED) is 0.177. The molecule has 0 N–H and O–H groups in total. The smallest absolute Gasteiger partial charge is 0.126 e. The number of hydrogen-bond donors (Lipinski definition) is 0. The SMILES string of the molecule is [Cl-].c1ccc(CCCCOc2ccccc2C[P+](c2ccccc2)(c2ccccc2)c2ccccc2)cc1. The highest BCUT2D eigenvalue weighted by Gasteiger charge is 2.45. The Kier molecular flexibility index (Phi) is 10.2. The summed E-state index contributed by atoms with van der Waals surface area (Å²) in [5.74, 6) is 1.01. The number of halogens is 1. The standard InChI is InChI=1S/C35H34OP.ClH/c1-5-17-30(18-6-1)19-15-16-28-36-35-27-14-13-20-31(35)29-37(32-21-7-2-8-22-32,33-23-9-3-10-24-33)34-25-11-4-12-26-34;/h1-14,17-18,20-27H,15-16,19,28-29H2;1H/q+1;/p-1. The molecule has 0 bridgehead atoms. The summed E-state index contributed by atoms with van der Waals surface area (Å²) in [6, 6.07) is 52.6. The molecule has 1 nitrogen and oxygen atoms in total. The molecule has 0 aliphatic rings. The largest absolute Gasteiger partial charge is 1.00 e. The van der Waals surface area contributed by atoms with Gasteiger partial charge in [-0.25, -0.2) is 0 Å². The maximum absolute atomic E-state index is 6.45. The van der Waals surface area contributed by atoms with Crippen LogP contribution >= 0.6 is 7.26 Å². The van der Waals surface area contributed by atoms with E-state index in [4.69, 9.17) is 4.74 Å².